The minimum Gasteiger partial charge on any atom is -0.454 e. The first-order valence-electron chi connectivity index (χ1n) is 9.18. The Labute approximate surface area is 167 Å². The molecule has 2 aliphatic rings. The van der Waals surface area contributed by atoms with Gasteiger partial charge >= 0.3 is 5.97 Å². The fourth-order valence-electron chi connectivity index (χ4n) is 3.43. The van der Waals surface area contributed by atoms with Crippen molar-refractivity contribution in [3.63, 3.8) is 0 Å². The highest BCUT2D eigenvalue weighted by molar-refractivity contribution is 6.07. The van der Waals surface area contributed by atoms with Gasteiger partial charge in [-0.3, -0.25) is 28.9 Å². The lowest BCUT2D eigenvalue weighted by Gasteiger charge is -2.14. The molecule has 1 heterocycles. The molecule has 1 fully saturated rings. The van der Waals surface area contributed by atoms with Crippen molar-refractivity contribution >= 4 is 35.3 Å². The molecule has 1 aliphatic heterocycles. The van der Waals surface area contributed by atoms with Crippen LogP contribution < -0.4 is 10.6 Å². The summed E-state index contributed by atoms with van der Waals surface area (Å²) in [6.45, 7) is -1.09. The van der Waals surface area contributed by atoms with Crippen LogP contribution in [0.2, 0.25) is 0 Å². The lowest BCUT2D eigenvalue weighted by atomic mass is 9.85. The van der Waals surface area contributed by atoms with Crippen molar-refractivity contribution < 1.29 is 28.7 Å². The van der Waals surface area contributed by atoms with Gasteiger partial charge in [-0.15, -0.1) is 0 Å². The number of nitrogens with one attached hydrogen (secondary N) is 2. The minimum atomic E-state index is -0.840. The predicted octanol–water partition coefficient (Wildman–Crippen LogP) is 0.479. The zero-order valence-corrected chi connectivity index (χ0v) is 15.8. The van der Waals surface area contributed by atoms with Crippen LogP contribution in [0.4, 0.5) is 5.69 Å². The molecular formula is C20H21N3O6. The van der Waals surface area contributed by atoms with Crippen LogP contribution in [0.5, 0.6) is 0 Å². The molecule has 0 unspecified atom stereocenters. The monoisotopic (exact) mass is 399 g/mol. The summed E-state index contributed by atoms with van der Waals surface area (Å²) in [5, 5.41) is 4.99. The van der Waals surface area contributed by atoms with Gasteiger partial charge in [-0.25, -0.2) is 0 Å². The largest absolute Gasteiger partial charge is 0.454 e. The molecule has 9 nitrogen and oxygen atoms in total. The maximum Gasteiger partial charge on any atom is 0.326 e. The van der Waals surface area contributed by atoms with Gasteiger partial charge in [0.1, 0.15) is 6.54 Å². The number of hydrogen-bond acceptors (Lipinski definition) is 6. The Kier molecular flexibility index (Phi) is 6.06. The van der Waals surface area contributed by atoms with E-state index in [0.717, 1.165) is 4.90 Å². The summed E-state index contributed by atoms with van der Waals surface area (Å²) in [6, 6.07) is 6.26. The third-order valence-electron chi connectivity index (χ3n) is 4.89. The molecule has 1 aromatic rings. The average Bonchev–Trinajstić information content (AvgIpc) is 2.97. The number of carbonyl (C=O) groups is 5. The van der Waals surface area contributed by atoms with Gasteiger partial charge in [0, 0.05) is 18.3 Å². The van der Waals surface area contributed by atoms with Gasteiger partial charge in [0.2, 0.25) is 11.8 Å². The second-order valence-corrected chi connectivity index (χ2v) is 6.79. The van der Waals surface area contributed by atoms with Crippen LogP contribution in [0.3, 0.4) is 0 Å². The normalized spacial score (nSPS) is 20.2. The van der Waals surface area contributed by atoms with E-state index in [4.69, 9.17) is 4.74 Å². The Morgan fingerprint density at radius 3 is 2.38 bits per heavy atom. The van der Waals surface area contributed by atoms with Crippen LogP contribution >= 0.6 is 0 Å². The average molecular weight is 399 g/mol. The summed E-state index contributed by atoms with van der Waals surface area (Å²) in [6.07, 6.45) is 4.69. The van der Waals surface area contributed by atoms with Crippen LogP contribution in [0.1, 0.15) is 23.2 Å². The quantitative estimate of drug-likeness (QED) is 0.408. The van der Waals surface area contributed by atoms with Crippen LogP contribution in [0.25, 0.3) is 0 Å². The molecule has 2 atom stereocenters. The first-order chi connectivity index (χ1) is 13.9. The van der Waals surface area contributed by atoms with Gasteiger partial charge in [-0.1, -0.05) is 18.2 Å². The fourth-order valence-corrected chi connectivity index (χ4v) is 3.43. The number of ether oxygens (including phenoxy) is 1. The maximum absolute atomic E-state index is 12.3. The number of anilines is 1. The Balaban J connectivity index is 1.49. The zero-order valence-electron chi connectivity index (χ0n) is 15.8. The van der Waals surface area contributed by atoms with Gasteiger partial charge in [0.25, 0.3) is 11.8 Å². The molecule has 0 radical (unpaired) electrons. The third kappa shape index (κ3) is 4.50. The molecule has 1 aliphatic carbocycles. The molecule has 1 saturated heterocycles. The molecule has 3 rings (SSSR count). The van der Waals surface area contributed by atoms with Crippen LogP contribution in [0.15, 0.2) is 36.4 Å². The molecule has 2 N–H and O–H groups in total. The second-order valence-electron chi connectivity index (χ2n) is 6.79. The van der Waals surface area contributed by atoms with E-state index in [1.165, 1.54) is 13.1 Å². The van der Waals surface area contributed by atoms with Crippen molar-refractivity contribution in [3.8, 4) is 0 Å². The number of allylic oxidation sites excluding steroid dienone is 2. The molecule has 0 saturated carbocycles. The minimum absolute atomic E-state index is 0.303. The number of esters is 1. The van der Waals surface area contributed by atoms with Crippen LogP contribution in [-0.2, 0) is 23.9 Å². The molecule has 29 heavy (non-hydrogen) atoms. The highest BCUT2D eigenvalue weighted by atomic mass is 16.5. The topological polar surface area (TPSA) is 122 Å². The lowest BCUT2D eigenvalue weighted by molar-refractivity contribution is -0.154. The smallest absolute Gasteiger partial charge is 0.326 e. The SMILES string of the molecule is CNC(=O)c1cccc(NC(=O)COC(=O)CN2C(=O)[C@H]3CC=CC[C@@H]3C2=O)c1. The highest BCUT2D eigenvalue weighted by Gasteiger charge is 2.47. The zero-order chi connectivity index (χ0) is 21.0. The first-order valence-corrected chi connectivity index (χ1v) is 9.18. The molecule has 152 valence electrons. The third-order valence-corrected chi connectivity index (χ3v) is 4.89. The van der Waals surface area contributed by atoms with Crippen molar-refractivity contribution in [3.05, 3.63) is 42.0 Å². The van der Waals surface area contributed by atoms with E-state index in [2.05, 4.69) is 10.6 Å². The molecule has 0 aromatic heterocycles. The summed E-state index contributed by atoms with van der Waals surface area (Å²) in [5.41, 5.74) is 0.734. The number of carbonyl (C=O) groups excluding carboxylic acids is 5. The van der Waals surface area contributed by atoms with Crippen molar-refractivity contribution in [1.29, 1.82) is 0 Å². The number of rotatable bonds is 6. The molecule has 9 heteroatoms. The van der Waals surface area contributed by atoms with E-state index < -0.39 is 36.9 Å². The summed E-state index contributed by atoms with van der Waals surface area (Å²) in [5.74, 6) is -3.35. The predicted molar refractivity (Wildman–Crippen MR) is 101 cm³/mol. The number of amides is 4. The maximum atomic E-state index is 12.3. The summed E-state index contributed by atoms with van der Waals surface area (Å²) in [4.78, 5) is 61.2. The Morgan fingerprint density at radius 2 is 1.76 bits per heavy atom. The second kappa shape index (κ2) is 8.68. The van der Waals surface area contributed by atoms with Gasteiger partial charge in [0.05, 0.1) is 11.8 Å². The van der Waals surface area contributed by atoms with Gasteiger partial charge in [-0.05, 0) is 31.0 Å². The summed E-state index contributed by atoms with van der Waals surface area (Å²) in [7, 11) is 1.49. The Hall–Kier alpha value is -3.49. The van der Waals surface area contributed by atoms with E-state index in [-0.39, 0.29) is 17.7 Å². The van der Waals surface area contributed by atoms with Gasteiger partial charge in [-0.2, -0.15) is 0 Å². The Bertz CT molecular complexity index is 868. The molecular weight excluding hydrogens is 378 g/mol. The standard InChI is InChI=1S/C20H21N3O6/c1-21-18(26)12-5-4-6-13(9-12)22-16(24)11-29-17(25)10-23-19(27)14-7-2-3-8-15(14)20(23)28/h2-6,9,14-15H,7-8,10-11H2,1H3,(H,21,26)(H,22,24)/t14-,15-/m0/s1. The molecule has 4 amide bonds. The number of likely N-dealkylation sites (tertiary alicyclic amines) is 1. The number of hydrogen-bond donors (Lipinski definition) is 2. The van der Waals surface area contributed by atoms with Crippen molar-refractivity contribution in [1.82, 2.24) is 10.2 Å². The number of fused-ring (bicyclic) bond motifs is 1. The van der Waals surface area contributed by atoms with Crippen molar-refractivity contribution in [2.24, 2.45) is 11.8 Å². The highest BCUT2D eigenvalue weighted by Crippen LogP contribution is 2.34. The van der Waals surface area contributed by atoms with E-state index in [0.29, 0.717) is 24.1 Å². The lowest BCUT2D eigenvalue weighted by Crippen LogP contribution is -2.37. The molecule has 1 aromatic carbocycles. The summed E-state index contributed by atoms with van der Waals surface area (Å²) < 4.78 is 4.89. The van der Waals surface area contributed by atoms with E-state index in [9.17, 15) is 24.0 Å². The van der Waals surface area contributed by atoms with Crippen molar-refractivity contribution in [2.45, 2.75) is 12.8 Å². The van der Waals surface area contributed by atoms with E-state index in [1.54, 1.807) is 18.2 Å². The fraction of sp³-hybridized carbons (Fsp3) is 0.350. The number of imide groups is 1. The van der Waals surface area contributed by atoms with Gasteiger partial charge in [0.15, 0.2) is 6.61 Å². The number of benzene rings is 1. The summed E-state index contributed by atoms with van der Waals surface area (Å²) >= 11 is 0. The molecule has 0 spiro atoms. The van der Waals surface area contributed by atoms with Crippen molar-refractivity contribution in [2.75, 3.05) is 25.5 Å². The number of nitrogens with zero attached hydrogens (tertiary/aromatic N) is 1. The van der Waals surface area contributed by atoms with Crippen LogP contribution in [0, 0.1) is 11.8 Å². The molecule has 0 bridgehead atoms. The van der Waals surface area contributed by atoms with E-state index in [1.807, 2.05) is 12.2 Å². The van der Waals surface area contributed by atoms with Crippen LogP contribution in [-0.4, -0.2) is 54.7 Å². The Morgan fingerprint density at radius 1 is 1.10 bits per heavy atom. The van der Waals surface area contributed by atoms with E-state index >= 15 is 0 Å². The first kappa shape index (κ1) is 20.2. The van der Waals surface area contributed by atoms with Gasteiger partial charge < -0.3 is 15.4 Å².